The number of rotatable bonds is 7. The summed E-state index contributed by atoms with van der Waals surface area (Å²) in [6, 6.07) is 0.612. The third-order valence-corrected chi connectivity index (χ3v) is 4.13. The molecule has 0 spiro atoms. The Morgan fingerprint density at radius 1 is 1.19 bits per heavy atom. The molecule has 0 atom stereocenters. The zero-order valence-corrected chi connectivity index (χ0v) is 13.4. The van der Waals surface area contributed by atoms with E-state index in [0.29, 0.717) is 12.1 Å². The van der Waals surface area contributed by atoms with Crippen molar-refractivity contribution in [3.8, 4) is 0 Å². The van der Waals surface area contributed by atoms with E-state index in [1.165, 1.54) is 25.7 Å². The maximum atomic E-state index is 5.87. The van der Waals surface area contributed by atoms with Crippen LogP contribution in [0, 0.1) is 0 Å². The minimum atomic E-state index is 0.396. The van der Waals surface area contributed by atoms with Gasteiger partial charge in [-0.05, 0) is 39.0 Å². The molecule has 1 saturated carbocycles. The van der Waals surface area contributed by atoms with Crippen LogP contribution in [0.2, 0.25) is 0 Å². The van der Waals surface area contributed by atoms with Crippen LogP contribution in [0.5, 0.6) is 0 Å². The van der Waals surface area contributed by atoms with Gasteiger partial charge in [-0.1, -0.05) is 12.8 Å². The highest BCUT2D eigenvalue weighted by Gasteiger charge is 2.16. The largest absolute Gasteiger partial charge is 0.381 e. The van der Waals surface area contributed by atoms with Crippen LogP contribution in [-0.2, 0) is 9.47 Å². The van der Waals surface area contributed by atoms with Crippen LogP contribution >= 0.6 is 0 Å². The van der Waals surface area contributed by atoms with Gasteiger partial charge >= 0.3 is 0 Å². The Kier molecular flexibility index (Phi) is 7.89. The lowest BCUT2D eigenvalue weighted by Crippen LogP contribution is -2.42. The van der Waals surface area contributed by atoms with Crippen LogP contribution in [0.3, 0.4) is 0 Å². The first-order chi connectivity index (χ1) is 10.4. The molecule has 5 nitrogen and oxygen atoms in total. The molecule has 0 bridgehead atoms. The molecule has 21 heavy (non-hydrogen) atoms. The van der Waals surface area contributed by atoms with E-state index >= 15 is 0 Å². The molecule has 2 rings (SSSR count). The fraction of sp³-hybridized carbons (Fsp3) is 0.938. The molecule has 1 aliphatic heterocycles. The molecule has 1 aliphatic carbocycles. The van der Waals surface area contributed by atoms with Gasteiger partial charge < -0.3 is 20.1 Å². The summed E-state index contributed by atoms with van der Waals surface area (Å²) in [5.41, 5.74) is 0. The van der Waals surface area contributed by atoms with Crippen molar-refractivity contribution < 1.29 is 9.47 Å². The Morgan fingerprint density at radius 2 is 1.95 bits per heavy atom. The Labute approximate surface area is 128 Å². The molecular formula is C16H31N3O2. The SMILES string of the molecule is CCNC(=NCCCOC1CCOCC1)NC1CCCC1. The maximum absolute atomic E-state index is 5.87. The molecule has 2 N–H and O–H groups in total. The van der Waals surface area contributed by atoms with Crippen molar-refractivity contribution >= 4 is 5.96 Å². The predicted molar refractivity (Wildman–Crippen MR) is 85.8 cm³/mol. The number of nitrogens with zero attached hydrogens (tertiary/aromatic N) is 1. The Bertz CT molecular complexity index is 298. The van der Waals surface area contributed by atoms with Gasteiger partial charge in [0.1, 0.15) is 0 Å². The molecule has 0 aromatic heterocycles. The number of ether oxygens (including phenoxy) is 2. The van der Waals surface area contributed by atoms with Crippen molar-refractivity contribution in [3.05, 3.63) is 0 Å². The van der Waals surface area contributed by atoms with Gasteiger partial charge in [0.15, 0.2) is 5.96 Å². The molecule has 1 saturated heterocycles. The smallest absolute Gasteiger partial charge is 0.191 e. The third kappa shape index (κ3) is 6.66. The van der Waals surface area contributed by atoms with Gasteiger partial charge in [-0.15, -0.1) is 0 Å². The normalized spacial score (nSPS) is 21.7. The molecule has 0 aromatic carbocycles. The molecule has 122 valence electrons. The standard InChI is InChI=1S/C16H31N3O2/c1-2-17-16(19-14-6-3-4-7-14)18-10-5-11-21-15-8-12-20-13-9-15/h14-15H,2-13H2,1H3,(H2,17,18,19). The number of hydrogen-bond donors (Lipinski definition) is 2. The number of guanidine groups is 1. The average molecular weight is 297 g/mol. The first kappa shape index (κ1) is 16.6. The zero-order chi connectivity index (χ0) is 14.8. The second kappa shape index (κ2) is 10.0. The molecule has 2 aliphatic rings. The van der Waals surface area contributed by atoms with Crippen molar-refractivity contribution in [2.24, 2.45) is 4.99 Å². The van der Waals surface area contributed by atoms with Crippen LogP contribution in [0.15, 0.2) is 4.99 Å². The van der Waals surface area contributed by atoms with Crippen LogP contribution in [0.4, 0.5) is 0 Å². The molecule has 5 heteroatoms. The van der Waals surface area contributed by atoms with E-state index in [1.54, 1.807) is 0 Å². The minimum absolute atomic E-state index is 0.396. The first-order valence-corrected chi connectivity index (χ1v) is 8.62. The van der Waals surface area contributed by atoms with Crippen molar-refractivity contribution in [1.82, 2.24) is 10.6 Å². The molecule has 0 unspecified atom stereocenters. The quantitative estimate of drug-likeness (QED) is 0.429. The van der Waals surface area contributed by atoms with Crippen LogP contribution in [0.25, 0.3) is 0 Å². The van der Waals surface area contributed by atoms with Crippen molar-refractivity contribution in [2.45, 2.75) is 64.0 Å². The highest BCUT2D eigenvalue weighted by atomic mass is 16.5. The summed E-state index contributed by atoms with van der Waals surface area (Å²) in [4.78, 5) is 4.65. The second-order valence-corrected chi connectivity index (χ2v) is 5.92. The minimum Gasteiger partial charge on any atom is -0.381 e. The summed E-state index contributed by atoms with van der Waals surface area (Å²) in [5.74, 6) is 0.968. The first-order valence-electron chi connectivity index (χ1n) is 8.62. The van der Waals surface area contributed by atoms with E-state index < -0.39 is 0 Å². The summed E-state index contributed by atoms with van der Waals surface area (Å²) in [6.45, 7) is 6.34. The van der Waals surface area contributed by atoms with Gasteiger partial charge in [0, 0.05) is 39.0 Å². The van der Waals surface area contributed by atoms with Gasteiger partial charge in [-0.2, -0.15) is 0 Å². The maximum Gasteiger partial charge on any atom is 0.191 e. The van der Waals surface area contributed by atoms with Gasteiger partial charge in [-0.3, -0.25) is 4.99 Å². The third-order valence-electron chi connectivity index (χ3n) is 4.13. The predicted octanol–water partition coefficient (Wildman–Crippen LogP) is 2.07. The summed E-state index contributed by atoms with van der Waals surface area (Å²) < 4.78 is 11.2. The highest BCUT2D eigenvalue weighted by molar-refractivity contribution is 5.80. The molecule has 0 aromatic rings. The summed E-state index contributed by atoms with van der Waals surface area (Å²) in [5, 5.41) is 6.87. The van der Waals surface area contributed by atoms with E-state index in [0.717, 1.165) is 58.1 Å². The molecule has 0 radical (unpaired) electrons. The number of nitrogens with one attached hydrogen (secondary N) is 2. The molecular weight excluding hydrogens is 266 g/mol. The number of hydrogen-bond acceptors (Lipinski definition) is 3. The van der Waals surface area contributed by atoms with Gasteiger partial charge in [-0.25, -0.2) is 0 Å². The lowest BCUT2D eigenvalue weighted by atomic mass is 10.1. The lowest BCUT2D eigenvalue weighted by molar-refractivity contribution is -0.0318. The molecule has 1 heterocycles. The van der Waals surface area contributed by atoms with Crippen LogP contribution < -0.4 is 10.6 Å². The van der Waals surface area contributed by atoms with Crippen LogP contribution in [-0.4, -0.2) is 51.0 Å². The van der Waals surface area contributed by atoms with E-state index in [1.807, 2.05) is 0 Å². The van der Waals surface area contributed by atoms with E-state index in [-0.39, 0.29) is 0 Å². The second-order valence-electron chi connectivity index (χ2n) is 5.92. The van der Waals surface area contributed by atoms with Crippen LogP contribution in [0.1, 0.15) is 51.9 Å². The van der Waals surface area contributed by atoms with Crippen molar-refractivity contribution in [3.63, 3.8) is 0 Å². The molecule has 0 amide bonds. The Morgan fingerprint density at radius 3 is 2.67 bits per heavy atom. The zero-order valence-electron chi connectivity index (χ0n) is 13.4. The fourth-order valence-corrected chi connectivity index (χ4v) is 2.93. The summed E-state index contributed by atoms with van der Waals surface area (Å²) in [7, 11) is 0. The van der Waals surface area contributed by atoms with E-state index in [4.69, 9.17) is 9.47 Å². The fourth-order valence-electron chi connectivity index (χ4n) is 2.93. The van der Waals surface area contributed by atoms with E-state index in [2.05, 4.69) is 22.5 Å². The lowest BCUT2D eigenvalue weighted by Gasteiger charge is -2.22. The Balaban J connectivity index is 1.59. The Hall–Kier alpha value is -0.810. The van der Waals surface area contributed by atoms with Crippen molar-refractivity contribution in [2.75, 3.05) is 32.9 Å². The van der Waals surface area contributed by atoms with Gasteiger partial charge in [0.25, 0.3) is 0 Å². The average Bonchev–Trinajstić information content (AvgIpc) is 3.01. The van der Waals surface area contributed by atoms with Crippen molar-refractivity contribution in [1.29, 1.82) is 0 Å². The summed E-state index contributed by atoms with van der Waals surface area (Å²) in [6.07, 6.45) is 8.69. The van der Waals surface area contributed by atoms with Gasteiger partial charge in [0.2, 0.25) is 0 Å². The number of aliphatic imine (C=N–C) groups is 1. The topological polar surface area (TPSA) is 54.9 Å². The summed E-state index contributed by atoms with van der Waals surface area (Å²) >= 11 is 0. The highest BCUT2D eigenvalue weighted by Crippen LogP contribution is 2.17. The van der Waals surface area contributed by atoms with E-state index in [9.17, 15) is 0 Å². The van der Waals surface area contributed by atoms with Gasteiger partial charge in [0.05, 0.1) is 6.10 Å². The monoisotopic (exact) mass is 297 g/mol. The molecule has 2 fully saturated rings.